The van der Waals surface area contributed by atoms with E-state index in [4.69, 9.17) is 14.2 Å². The number of benzene rings is 3. The molecule has 0 saturated heterocycles. The highest BCUT2D eigenvalue weighted by atomic mass is 19.1. The molecule has 0 fully saturated rings. The number of methoxy groups -OCH3 is 1. The van der Waals surface area contributed by atoms with Crippen LogP contribution in [0.15, 0.2) is 60.7 Å². The first-order valence-electron chi connectivity index (χ1n) is 12.9. The fourth-order valence-corrected chi connectivity index (χ4v) is 4.51. The van der Waals surface area contributed by atoms with Crippen LogP contribution in [-0.2, 0) is 21.6 Å². The topological polar surface area (TPSA) is 44.8 Å². The Morgan fingerprint density at radius 3 is 2.19 bits per heavy atom. The van der Waals surface area contributed by atoms with E-state index >= 15 is 0 Å². The summed E-state index contributed by atoms with van der Waals surface area (Å²) in [5.74, 6) is 1.26. The fraction of sp³-hybridized carbons (Fsp3) is 0.406. The van der Waals surface area contributed by atoms with Gasteiger partial charge in [-0.25, -0.2) is 4.39 Å². The van der Waals surface area contributed by atoms with E-state index in [1.165, 1.54) is 6.07 Å². The third-order valence-electron chi connectivity index (χ3n) is 6.57. The molecule has 198 valence electrons. The summed E-state index contributed by atoms with van der Waals surface area (Å²) in [6.45, 7) is 13.1. The van der Waals surface area contributed by atoms with E-state index in [0.29, 0.717) is 36.9 Å². The maximum atomic E-state index is 14.9. The minimum absolute atomic E-state index is 0.0818. The largest absolute Gasteiger partial charge is 0.497 e. The zero-order valence-electron chi connectivity index (χ0n) is 23.1. The Morgan fingerprint density at radius 1 is 0.919 bits per heavy atom. The normalized spacial score (nSPS) is 12.4. The first-order valence-corrected chi connectivity index (χ1v) is 12.9. The van der Waals surface area contributed by atoms with Crippen LogP contribution < -0.4 is 9.47 Å². The van der Waals surface area contributed by atoms with Gasteiger partial charge in [0.15, 0.2) is 0 Å². The van der Waals surface area contributed by atoms with Crippen molar-refractivity contribution in [3.8, 4) is 22.6 Å². The van der Waals surface area contributed by atoms with Crippen molar-refractivity contribution in [2.45, 2.75) is 65.9 Å². The monoisotopic (exact) mass is 506 g/mol. The lowest BCUT2D eigenvalue weighted by atomic mass is 9.81. The average molecular weight is 507 g/mol. The third kappa shape index (κ3) is 7.34. The Kier molecular flexibility index (Phi) is 9.36. The quantitative estimate of drug-likeness (QED) is 0.261. The maximum Gasteiger partial charge on any atom is 0.306 e. The molecule has 5 heteroatoms. The van der Waals surface area contributed by atoms with Crippen LogP contribution in [0.2, 0.25) is 0 Å². The zero-order valence-corrected chi connectivity index (χ0v) is 23.1. The van der Waals surface area contributed by atoms with Gasteiger partial charge < -0.3 is 14.2 Å². The molecule has 0 aliphatic heterocycles. The van der Waals surface area contributed by atoms with Gasteiger partial charge in [0, 0.05) is 5.56 Å². The molecule has 4 nitrogen and oxygen atoms in total. The molecular weight excluding hydrogens is 467 g/mol. The van der Waals surface area contributed by atoms with Gasteiger partial charge in [-0.2, -0.15) is 0 Å². The van der Waals surface area contributed by atoms with Crippen LogP contribution in [0, 0.1) is 11.7 Å². The van der Waals surface area contributed by atoms with Crippen molar-refractivity contribution < 1.29 is 23.4 Å². The van der Waals surface area contributed by atoms with E-state index < -0.39 is 0 Å². The maximum absolute atomic E-state index is 14.9. The van der Waals surface area contributed by atoms with E-state index in [2.05, 4.69) is 40.7 Å². The Morgan fingerprint density at radius 2 is 1.59 bits per heavy atom. The van der Waals surface area contributed by atoms with Crippen LogP contribution in [0.4, 0.5) is 4.39 Å². The average Bonchev–Trinajstić information content (AvgIpc) is 2.86. The lowest BCUT2D eigenvalue weighted by Crippen LogP contribution is -2.15. The van der Waals surface area contributed by atoms with Crippen LogP contribution >= 0.6 is 0 Å². The molecule has 0 amide bonds. The van der Waals surface area contributed by atoms with Crippen molar-refractivity contribution in [3.63, 3.8) is 0 Å². The molecule has 0 radical (unpaired) electrons. The number of hydrogen-bond acceptors (Lipinski definition) is 4. The Bertz CT molecular complexity index is 1190. The predicted molar refractivity (Wildman–Crippen MR) is 147 cm³/mol. The van der Waals surface area contributed by atoms with Crippen molar-refractivity contribution in [3.05, 3.63) is 83.2 Å². The van der Waals surface area contributed by atoms with Gasteiger partial charge in [0.2, 0.25) is 0 Å². The summed E-state index contributed by atoms with van der Waals surface area (Å²) in [6, 6.07) is 18.8. The summed E-state index contributed by atoms with van der Waals surface area (Å²) in [6.07, 6.45) is 0.357. The smallest absolute Gasteiger partial charge is 0.306 e. The predicted octanol–water partition coefficient (Wildman–Crippen LogP) is 8.07. The molecule has 3 aromatic rings. The molecule has 0 heterocycles. The SMILES string of the molecule is CCOC(=O)CC(c1ccc(OCc2ccc(C(C)(C)C)c(-c3cc(OC)ccc3F)c2)cc1)C(C)C. The minimum atomic E-state index is -0.289. The first-order chi connectivity index (χ1) is 17.5. The molecule has 0 bridgehead atoms. The molecular formula is C32H39FO4. The Hall–Kier alpha value is -3.34. The second kappa shape index (κ2) is 12.3. The number of ether oxygens (including phenoxy) is 3. The summed E-state index contributed by atoms with van der Waals surface area (Å²) in [5, 5.41) is 0. The molecule has 37 heavy (non-hydrogen) atoms. The van der Waals surface area contributed by atoms with Crippen LogP contribution in [0.3, 0.4) is 0 Å². The van der Waals surface area contributed by atoms with Crippen molar-refractivity contribution in [2.75, 3.05) is 13.7 Å². The molecule has 0 saturated carbocycles. The van der Waals surface area contributed by atoms with Crippen LogP contribution in [0.25, 0.3) is 11.1 Å². The Labute approximate surface area is 220 Å². The van der Waals surface area contributed by atoms with Gasteiger partial charge in [-0.1, -0.05) is 58.9 Å². The lowest BCUT2D eigenvalue weighted by molar-refractivity contribution is -0.143. The molecule has 0 N–H and O–H groups in total. The highest BCUT2D eigenvalue weighted by molar-refractivity contribution is 5.72. The van der Waals surface area contributed by atoms with Crippen molar-refractivity contribution in [1.82, 2.24) is 0 Å². The molecule has 3 rings (SSSR count). The lowest BCUT2D eigenvalue weighted by Gasteiger charge is -2.24. The van der Waals surface area contributed by atoms with Gasteiger partial charge in [0.05, 0.1) is 20.1 Å². The standard InChI is InChI=1S/C32H39FO4/c1-8-36-31(34)19-26(21(2)3)23-10-12-24(13-11-23)37-20-22-9-15-29(32(4,5)6)27(17-22)28-18-25(35-7)14-16-30(28)33/h9-18,21,26H,8,19-20H2,1-7H3. The van der Waals surface area contributed by atoms with Gasteiger partial charge >= 0.3 is 5.97 Å². The van der Waals surface area contributed by atoms with Gasteiger partial charge in [0.1, 0.15) is 23.9 Å². The van der Waals surface area contributed by atoms with Crippen molar-refractivity contribution in [1.29, 1.82) is 0 Å². The Balaban J connectivity index is 1.82. The summed E-state index contributed by atoms with van der Waals surface area (Å²) < 4.78 is 31.5. The summed E-state index contributed by atoms with van der Waals surface area (Å²) in [4.78, 5) is 12.1. The minimum Gasteiger partial charge on any atom is -0.497 e. The van der Waals surface area contributed by atoms with Gasteiger partial charge in [0.25, 0.3) is 0 Å². The van der Waals surface area contributed by atoms with E-state index in [-0.39, 0.29) is 23.1 Å². The number of carbonyl (C=O) groups is 1. The van der Waals surface area contributed by atoms with Crippen LogP contribution in [0.1, 0.15) is 70.6 Å². The second-order valence-corrected chi connectivity index (χ2v) is 10.7. The van der Waals surface area contributed by atoms with Gasteiger partial charge in [-0.3, -0.25) is 4.79 Å². The van der Waals surface area contributed by atoms with Gasteiger partial charge in [-0.15, -0.1) is 0 Å². The molecule has 0 spiro atoms. The van der Waals surface area contributed by atoms with Crippen LogP contribution in [-0.4, -0.2) is 19.7 Å². The molecule has 0 aliphatic rings. The molecule has 1 unspecified atom stereocenters. The summed E-state index contributed by atoms with van der Waals surface area (Å²) in [7, 11) is 1.58. The van der Waals surface area contributed by atoms with Gasteiger partial charge in [-0.05, 0) is 82.8 Å². The molecule has 0 aliphatic carbocycles. The fourth-order valence-electron chi connectivity index (χ4n) is 4.51. The van der Waals surface area contributed by atoms with E-state index in [1.807, 2.05) is 43.3 Å². The van der Waals surface area contributed by atoms with Crippen LogP contribution in [0.5, 0.6) is 11.5 Å². The molecule has 3 aromatic carbocycles. The first kappa shape index (κ1) is 28.2. The van der Waals surface area contributed by atoms with E-state index in [0.717, 1.165) is 28.0 Å². The number of rotatable bonds is 10. The summed E-state index contributed by atoms with van der Waals surface area (Å²) >= 11 is 0. The molecule has 0 aromatic heterocycles. The number of esters is 1. The number of carbonyl (C=O) groups excluding carboxylic acids is 1. The number of halogens is 1. The van der Waals surface area contributed by atoms with Crippen molar-refractivity contribution in [2.24, 2.45) is 5.92 Å². The number of hydrogen-bond donors (Lipinski definition) is 0. The van der Waals surface area contributed by atoms with Crippen molar-refractivity contribution >= 4 is 5.97 Å². The third-order valence-corrected chi connectivity index (χ3v) is 6.57. The highest BCUT2D eigenvalue weighted by Crippen LogP contribution is 2.37. The van der Waals surface area contributed by atoms with E-state index in [9.17, 15) is 9.18 Å². The highest BCUT2D eigenvalue weighted by Gasteiger charge is 2.22. The van der Waals surface area contributed by atoms with E-state index in [1.54, 1.807) is 19.2 Å². The second-order valence-electron chi connectivity index (χ2n) is 10.7. The molecule has 1 atom stereocenters. The zero-order chi connectivity index (χ0) is 27.2. The summed E-state index contributed by atoms with van der Waals surface area (Å²) in [5.41, 5.74) is 4.25.